The number of anilines is 1. The predicted molar refractivity (Wildman–Crippen MR) is 142 cm³/mol. The molecule has 4 rings (SSSR count). The Morgan fingerprint density at radius 3 is 2.12 bits per heavy atom. The van der Waals surface area contributed by atoms with Gasteiger partial charge in [-0.05, 0) is 0 Å². The summed E-state index contributed by atoms with van der Waals surface area (Å²) < 4.78 is 54.7. The molecule has 1 fully saturated rings. The van der Waals surface area contributed by atoms with Gasteiger partial charge < -0.3 is 0 Å². The van der Waals surface area contributed by atoms with Crippen molar-refractivity contribution in [3.05, 3.63) is 52.1 Å². The summed E-state index contributed by atoms with van der Waals surface area (Å²) in [6, 6.07) is 14.5. The second-order valence-electron chi connectivity index (χ2n) is 9.88. The molecule has 1 aliphatic carbocycles. The van der Waals surface area contributed by atoms with Crippen molar-refractivity contribution in [2.75, 3.05) is 27.3 Å². The molecule has 0 spiro atoms. The van der Waals surface area contributed by atoms with Crippen LogP contribution in [0.3, 0.4) is 0 Å². The number of halogens is 1. The van der Waals surface area contributed by atoms with Crippen LogP contribution in [-0.4, -0.2) is 49.6 Å². The first-order chi connectivity index (χ1) is 15.4. The van der Waals surface area contributed by atoms with Gasteiger partial charge in [-0.25, -0.2) is 0 Å². The van der Waals surface area contributed by atoms with Gasteiger partial charge in [0.25, 0.3) is 0 Å². The van der Waals surface area contributed by atoms with E-state index in [0.717, 1.165) is 21.7 Å². The van der Waals surface area contributed by atoms with E-state index in [2.05, 4.69) is 36.9 Å². The van der Waals surface area contributed by atoms with Gasteiger partial charge in [-0.15, -0.1) is 0 Å². The molecule has 1 saturated carbocycles. The molecule has 9 heteroatoms. The van der Waals surface area contributed by atoms with Crippen molar-refractivity contribution in [2.45, 2.75) is 55.4 Å². The number of nitrogens with zero attached hydrogens (tertiary/aromatic N) is 2. The fraction of sp³-hybridized carbons (Fsp3) is 0.500. The molecule has 2 aromatic carbocycles. The van der Waals surface area contributed by atoms with Crippen LogP contribution in [0, 0.1) is 8.99 Å². The first kappa shape index (κ1) is 24.9. The van der Waals surface area contributed by atoms with Crippen LogP contribution in [0.5, 0.6) is 0 Å². The van der Waals surface area contributed by atoms with E-state index in [1.165, 1.54) is 60.5 Å². The van der Waals surface area contributed by atoms with Crippen LogP contribution in [0.1, 0.15) is 39.5 Å². The number of rotatable bonds is 6. The SMILES string of the molecule is CN(C)S(=O)(=O)c1ccc(S(=O)(=O)CI2CN(C3CCC(C)(C)CC3)c3ccccc32)cc1. The summed E-state index contributed by atoms with van der Waals surface area (Å²) in [6.07, 6.45) is 4.70. The molecule has 0 N–H and O–H groups in total. The van der Waals surface area contributed by atoms with Gasteiger partial charge in [0, 0.05) is 0 Å². The molecular weight excluding hydrogens is 571 g/mol. The Morgan fingerprint density at radius 1 is 0.939 bits per heavy atom. The fourth-order valence-electron chi connectivity index (χ4n) is 4.54. The Morgan fingerprint density at radius 2 is 1.52 bits per heavy atom. The van der Waals surface area contributed by atoms with Crippen molar-refractivity contribution < 1.29 is 16.8 Å². The van der Waals surface area contributed by atoms with Gasteiger partial charge in [-0.2, -0.15) is 0 Å². The molecule has 0 bridgehead atoms. The maximum atomic E-state index is 13.3. The van der Waals surface area contributed by atoms with Gasteiger partial charge in [0.05, 0.1) is 0 Å². The van der Waals surface area contributed by atoms with Crippen LogP contribution in [0.4, 0.5) is 5.69 Å². The van der Waals surface area contributed by atoms with Gasteiger partial charge >= 0.3 is 207 Å². The maximum absolute atomic E-state index is 13.3. The molecule has 0 saturated heterocycles. The number of sulfonamides is 1. The molecule has 1 heterocycles. The van der Waals surface area contributed by atoms with E-state index in [9.17, 15) is 16.8 Å². The molecule has 0 aromatic heterocycles. The van der Waals surface area contributed by atoms with Crippen LogP contribution in [0.25, 0.3) is 0 Å². The number of sulfone groups is 1. The van der Waals surface area contributed by atoms with Crippen LogP contribution < -0.4 is 4.90 Å². The summed E-state index contributed by atoms with van der Waals surface area (Å²) in [7, 11) is -4.17. The zero-order valence-electron chi connectivity index (χ0n) is 19.7. The van der Waals surface area contributed by atoms with E-state index < -0.39 is 39.7 Å². The van der Waals surface area contributed by atoms with Gasteiger partial charge in [0.15, 0.2) is 0 Å². The molecule has 0 amide bonds. The summed E-state index contributed by atoms with van der Waals surface area (Å²) in [6.45, 7) is 4.67. The predicted octanol–water partition coefficient (Wildman–Crippen LogP) is 4.79. The van der Waals surface area contributed by atoms with Gasteiger partial charge in [0.2, 0.25) is 0 Å². The molecule has 2 aliphatic rings. The zero-order valence-corrected chi connectivity index (χ0v) is 23.5. The Hall–Kier alpha value is -1.17. The molecule has 0 atom stereocenters. The Balaban J connectivity index is 1.55. The second kappa shape index (κ2) is 9.13. The van der Waals surface area contributed by atoms with Crippen molar-refractivity contribution in [3.63, 3.8) is 0 Å². The third-order valence-corrected chi connectivity index (χ3v) is 18.9. The second-order valence-corrected chi connectivity index (χ2v) is 20.3. The van der Waals surface area contributed by atoms with Gasteiger partial charge in [0.1, 0.15) is 0 Å². The Labute approximate surface area is 205 Å². The number of benzene rings is 2. The van der Waals surface area contributed by atoms with E-state index in [4.69, 9.17) is 0 Å². The Bertz CT molecular complexity index is 1220. The monoisotopic (exact) mass is 604 g/mol. The van der Waals surface area contributed by atoms with Gasteiger partial charge in [-0.1, -0.05) is 0 Å². The summed E-state index contributed by atoms with van der Waals surface area (Å²) in [5.41, 5.74) is 1.62. The summed E-state index contributed by atoms with van der Waals surface area (Å²) in [5.74, 6) is 0. The first-order valence-corrected chi connectivity index (χ1v) is 18.4. The number of fused-ring (bicyclic) bond motifs is 1. The molecule has 6 nitrogen and oxygen atoms in total. The van der Waals surface area contributed by atoms with Crippen molar-refractivity contribution in [2.24, 2.45) is 5.41 Å². The van der Waals surface area contributed by atoms with Crippen LogP contribution >= 0.6 is 19.8 Å². The van der Waals surface area contributed by atoms with Gasteiger partial charge in [-0.3, -0.25) is 0 Å². The van der Waals surface area contributed by atoms with Crippen LogP contribution in [0.2, 0.25) is 0 Å². The van der Waals surface area contributed by atoms with Crippen molar-refractivity contribution in [3.8, 4) is 0 Å². The average molecular weight is 605 g/mol. The zero-order chi connectivity index (χ0) is 24.0. The number of hydrogen-bond acceptors (Lipinski definition) is 5. The van der Waals surface area contributed by atoms with E-state index in [0.29, 0.717) is 11.5 Å². The van der Waals surface area contributed by atoms with E-state index in [1.54, 1.807) is 0 Å². The molecule has 0 radical (unpaired) electrons. The standard InChI is InChI=1S/C24H33IN2O4S2/c1-24(2)15-13-19(14-16-24)27-17-25(22-7-5-6-8-23(22)27)18-32(28,29)20-9-11-21(12-10-20)33(30,31)26(3)4/h5-12,19H,13-18H2,1-4H3. The van der Waals surface area contributed by atoms with E-state index in [1.807, 2.05) is 6.07 Å². The normalized spacial score (nSPS) is 20.3. The molecule has 1 aliphatic heterocycles. The number of alkyl halides is 2. The van der Waals surface area contributed by atoms with E-state index >= 15 is 0 Å². The van der Waals surface area contributed by atoms with Crippen molar-refractivity contribution in [1.82, 2.24) is 4.31 Å². The summed E-state index contributed by atoms with van der Waals surface area (Å²) >= 11 is -2.00. The minimum absolute atomic E-state index is 0.0999. The van der Waals surface area contributed by atoms with Crippen LogP contribution in [-0.2, 0) is 19.9 Å². The molecule has 33 heavy (non-hydrogen) atoms. The van der Waals surface area contributed by atoms with Crippen LogP contribution in [0.15, 0.2) is 58.3 Å². The topological polar surface area (TPSA) is 74.8 Å². The summed E-state index contributed by atoms with van der Waals surface area (Å²) in [4.78, 5) is 2.80. The van der Waals surface area contributed by atoms with Crippen molar-refractivity contribution >= 4 is 45.4 Å². The van der Waals surface area contributed by atoms with Crippen molar-refractivity contribution in [1.29, 1.82) is 0 Å². The first-order valence-electron chi connectivity index (χ1n) is 11.1. The minimum atomic E-state index is -3.59. The third kappa shape index (κ3) is 5.11. The molecule has 182 valence electrons. The average Bonchev–Trinajstić information content (AvgIpc) is 3.11. The quantitative estimate of drug-likeness (QED) is 0.270. The number of hydrogen-bond donors (Lipinski definition) is 0. The molecular formula is C24H33IN2O4S2. The molecule has 0 unspecified atom stereocenters. The van der Waals surface area contributed by atoms with E-state index in [-0.39, 0.29) is 13.6 Å². The Kier molecular flexibility index (Phi) is 6.90. The third-order valence-electron chi connectivity index (χ3n) is 6.71. The number of para-hydroxylation sites is 1. The fourth-order valence-corrected chi connectivity index (χ4v) is 16.5. The summed E-state index contributed by atoms with van der Waals surface area (Å²) in [5, 5.41) is 0. The molecule has 2 aromatic rings.